The van der Waals surface area contributed by atoms with Crippen molar-refractivity contribution in [1.82, 2.24) is 19.1 Å². The Balaban J connectivity index is 1.98. The van der Waals surface area contributed by atoms with E-state index in [9.17, 15) is 9.59 Å². The van der Waals surface area contributed by atoms with Crippen LogP contribution in [0.25, 0.3) is 11.2 Å². The largest absolute Gasteiger partial charge is 0.329 e. The highest BCUT2D eigenvalue weighted by atomic mass is 79.9. The summed E-state index contributed by atoms with van der Waals surface area (Å²) in [6, 6.07) is 7.95. The molecule has 118 valence electrons. The maximum atomic E-state index is 12.2. The van der Waals surface area contributed by atoms with Crippen LogP contribution in [0, 0.1) is 0 Å². The maximum Gasteiger partial charge on any atom is 0.329 e. The number of nitrogens with zero attached hydrogens (tertiary/aromatic N) is 4. The molecule has 1 aromatic carbocycles. The molecule has 1 aliphatic rings. The average Bonchev–Trinajstić information content (AvgIpc) is 2.93. The van der Waals surface area contributed by atoms with Crippen LogP contribution in [0.5, 0.6) is 0 Å². The summed E-state index contributed by atoms with van der Waals surface area (Å²) in [6.45, 7) is 1.52. The number of aromatic amines is 1. The van der Waals surface area contributed by atoms with Gasteiger partial charge in [-0.25, -0.2) is 4.79 Å². The summed E-state index contributed by atoms with van der Waals surface area (Å²) < 4.78 is 4.27. The van der Waals surface area contributed by atoms with Gasteiger partial charge in [-0.1, -0.05) is 15.9 Å². The zero-order chi connectivity index (χ0) is 16.1. The van der Waals surface area contributed by atoms with E-state index in [0.717, 1.165) is 23.1 Å². The number of H-pyrrole nitrogens is 1. The topological polar surface area (TPSA) is 75.9 Å². The Labute approximate surface area is 139 Å². The zero-order valence-electron chi connectivity index (χ0n) is 12.4. The molecule has 0 bridgehead atoms. The molecule has 0 fully saturated rings. The highest BCUT2D eigenvalue weighted by Gasteiger charge is 2.25. The fourth-order valence-electron chi connectivity index (χ4n) is 2.99. The molecule has 0 saturated carbocycles. The first-order valence-corrected chi connectivity index (χ1v) is 8.08. The number of benzene rings is 1. The molecule has 0 amide bonds. The first-order valence-electron chi connectivity index (χ1n) is 7.29. The van der Waals surface area contributed by atoms with E-state index in [2.05, 4.69) is 30.8 Å². The molecule has 4 rings (SSSR count). The quantitative estimate of drug-likeness (QED) is 0.702. The van der Waals surface area contributed by atoms with Crippen LogP contribution in [0.4, 0.5) is 11.6 Å². The molecule has 0 aliphatic carbocycles. The number of fused-ring (bicyclic) bond motifs is 3. The molecule has 2 aromatic heterocycles. The third-order valence-electron chi connectivity index (χ3n) is 4.13. The lowest BCUT2D eigenvalue weighted by Gasteiger charge is -2.29. The molecule has 23 heavy (non-hydrogen) atoms. The van der Waals surface area contributed by atoms with Crippen molar-refractivity contribution in [3.8, 4) is 0 Å². The van der Waals surface area contributed by atoms with Crippen molar-refractivity contribution in [2.45, 2.75) is 13.0 Å². The molecule has 0 radical (unpaired) electrons. The Morgan fingerprint density at radius 2 is 1.91 bits per heavy atom. The predicted molar refractivity (Wildman–Crippen MR) is 91.4 cm³/mol. The zero-order valence-corrected chi connectivity index (χ0v) is 14.0. The van der Waals surface area contributed by atoms with Crippen LogP contribution in [0.3, 0.4) is 0 Å². The molecule has 3 aromatic rings. The summed E-state index contributed by atoms with van der Waals surface area (Å²) in [5.41, 5.74) is 1.03. The smallest absolute Gasteiger partial charge is 0.312 e. The number of aromatic nitrogens is 4. The van der Waals surface area contributed by atoms with Gasteiger partial charge in [0.25, 0.3) is 5.56 Å². The molecule has 0 atom stereocenters. The van der Waals surface area contributed by atoms with Crippen LogP contribution in [0.1, 0.15) is 6.42 Å². The molecule has 8 heteroatoms. The summed E-state index contributed by atoms with van der Waals surface area (Å²) in [7, 11) is 1.61. The van der Waals surface area contributed by atoms with Crippen molar-refractivity contribution in [2.75, 3.05) is 11.4 Å². The van der Waals surface area contributed by atoms with E-state index in [1.165, 1.54) is 4.57 Å². The highest BCUT2D eigenvalue weighted by molar-refractivity contribution is 9.10. The number of anilines is 2. The minimum atomic E-state index is -0.451. The van der Waals surface area contributed by atoms with Crippen molar-refractivity contribution in [1.29, 1.82) is 0 Å². The van der Waals surface area contributed by atoms with Crippen LogP contribution in [-0.4, -0.2) is 25.6 Å². The lowest BCUT2D eigenvalue weighted by atomic mass is 10.2. The van der Waals surface area contributed by atoms with Gasteiger partial charge in [0, 0.05) is 30.3 Å². The molecule has 7 nitrogen and oxygen atoms in total. The standard InChI is InChI=1S/C15H14BrN5O2/c1-19-12-11(13(22)18-15(19)23)21-8-2-7-20(14(21)17-12)10-5-3-9(16)4-6-10/h3-6H,2,7-8H2,1H3,(H,18,22,23). The van der Waals surface area contributed by atoms with Crippen molar-refractivity contribution in [2.24, 2.45) is 7.05 Å². The number of hydrogen-bond acceptors (Lipinski definition) is 4. The minimum absolute atomic E-state index is 0.389. The number of halogens is 1. The van der Waals surface area contributed by atoms with Crippen molar-refractivity contribution < 1.29 is 0 Å². The Bertz CT molecular complexity index is 1020. The van der Waals surface area contributed by atoms with Gasteiger partial charge >= 0.3 is 5.69 Å². The van der Waals surface area contributed by atoms with Crippen molar-refractivity contribution >= 4 is 38.7 Å². The first-order chi connectivity index (χ1) is 11.1. The van der Waals surface area contributed by atoms with Crippen molar-refractivity contribution in [3.05, 3.63) is 49.6 Å². The summed E-state index contributed by atoms with van der Waals surface area (Å²) >= 11 is 3.43. The van der Waals surface area contributed by atoms with Gasteiger partial charge in [0.05, 0.1) is 0 Å². The molecular formula is C15H14BrN5O2. The van der Waals surface area contributed by atoms with Crippen LogP contribution in [-0.2, 0) is 13.6 Å². The summed E-state index contributed by atoms with van der Waals surface area (Å²) in [4.78, 5) is 33.0. The Kier molecular flexibility index (Phi) is 3.15. The molecular weight excluding hydrogens is 362 g/mol. The molecule has 1 aliphatic heterocycles. The molecule has 0 saturated heterocycles. The van der Waals surface area contributed by atoms with Crippen LogP contribution in [0.2, 0.25) is 0 Å². The van der Waals surface area contributed by atoms with Gasteiger partial charge in [-0.05, 0) is 30.7 Å². The number of aryl methyl sites for hydroxylation is 2. The minimum Gasteiger partial charge on any atom is -0.312 e. The van der Waals surface area contributed by atoms with E-state index in [1.807, 2.05) is 28.8 Å². The van der Waals surface area contributed by atoms with E-state index >= 15 is 0 Å². The Hall–Kier alpha value is -2.35. The maximum absolute atomic E-state index is 12.2. The van der Waals surface area contributed by atoms with Gasteiger partial charge in [-0.3, -0.25) is 14.3 Å². The molecule has 0 unspecified atom stereocenters. The third kappa shape index (κ3) is 2.13. The second-order valence-electron chi connectivity index (χ2n) is 5.54. The lowest BCUT2D eigenvalue weighted by molar-refractivity contribution is 0.602. The van der Waals surface area contributed by atoms with Crippen molar-refractivity contribution in [3.63, 3.8) is 0 Å². The SMILES string of the molecule is Cn1c(=O)[nH]c(=O)c2c1nc1n2CCCN1c1ccc(Br)cc1. The number of hydrogen-bond donors (Lipinski definition) is 1. The van der Waals surface area contributed by atoms with Gasteiger partial charge in [0.1, 0.15) is 0 Å². The third-order valence-corrected chi connectivity index (χ3v) is 4.66. The van der Waals surface area contributed by atoms with E-state index in [1.54, 1.807) is 7.05 Å². The number of nitrogens with one attached hydrogen (secondary N) is 1. The van der Waals surface area contributed by atoms with Gasteiger partial charge < -0.3 is 9.47 Å². The second-order valence-corrected chi connectivity index (χ2v) is 6.45. The fraction of sp³-hybridized carbons (Fsp3) is 0.267. The van der Waals surface area contributed by atoms with E-state index < -0.39 is 5.69 Å². The summed E-state index contributed by atoms with van der Waals surface area (Å²) in [5, 5.41) is 0. The summed E-state index contributed by atoms with van der Waals surface area (Å²) in [6.07, 6.45) is 0.900. The van der Waals surface area contributed by atoms with Gasteiger partial charge in [-0.15, -0.1) is 0 Å². The molecule has 0 spiro atoms. The van der Waals surface area contributed by atoms with E-state index in [4.69, 9.17) is 0 Å². The Morgan fingerprint density at radius 1 is 1.17 bits per heavy atom. The van der Waals surface area contributed by atoms with Crippen LogP contribution < -0.4 is 16.1 Å². The second kappa shape index (κ2) is 5.09. The highest BCUT2D eigenvalue weighted by Crippen LogP contribution is 2.31. The predicted octanol–water partition coefficient (Wildman–Crippen LogP) is 1.73. The van der Waals surface area contributed by atoms with Gasteiger partial charge in [-0.2, -0.15) is 4.98 Å². The van der Waals surface area contributed by atoms with Crippen LogP contribution in [0.15, 0.2) is 38.3 Å². The first kappa shape index (κ1) is 14.3. The average molecular weight is 376 g/mol. The summed E-state index contributed by atoms with van der Waals surface area (Å²) in [5.74, 6) is 0.695. The van der Waals surface area contributed by atoms with Crippen LogP contribution >= 0.6 is 15.9 Å². The molecule has 1 N–H and O–H groups in total. The Morgan fingerprint density at radius 3 is 2.65 bits per heavy atom. The fourth-order valence-corrected chi connectivity index (χ4v) is 3.26. The molecule has 3 heterocycles. The van der Waals surface area contributed by atoms with Gasteiger partial charge in [0.2, 0.25) is 5.95 Å². The monoisotopic (exact) mass is 375 g/mol. The van der Waals surface area contributed by atoms with E-state index in [0.29, 0.717) is 23.7 Å². The number of imidazole rings is 1. The lowest BCUT2D eigenvalue weighted by Crippen LogP contribution is -2.31. The number of rotatable bonds is 1. The normalized spacial score (nSPS) is 14.3. The van der Waals surface area contributed by atoms with Gasteiger partial charge in [0.15, 0.2) is 11.2 Å². The van der Waals surface area contributed by atoms with E-state index in [-0.39, 0.29) is 5.56 Å².